The number of rotatable bonds is 6. The quantitative estimate of drug-likeness (QED) is 0.239. The molecule has 2 bridgehead atoms. The van der Waals surface area contributed by atoms with Gasteiger partial charge in [0.2, 0.25) is 11.8 Å². The van der Waals surface area contributed by atoms with E-state index in [0.29, 0.717) is 54.9 Å². The van der Waals surface area contributed by atoms with Crippen LogP contribution in [0.4, 0.5) is 21.6 Å². The van der Waals surface area contributed by atoms with Gasteiger partial charge in [0.05, 0.1) is 34.8 Å². The van der Waals surface area contributed by atoms with Crippen LogP contribution in [0.15, 0.2) is 42.9 Å². The number of likely N-dealkylation sites (tertiary alicyclic amines) is 2. The molecular formula is C40H47FN8O2. The lowest BCUT2D eigenvalue weighted by molar-refractivity contribution is -0.134. The van der Waals surface area contributed by atoms with Crippen LogP contribution in [0.1, 0.15) is 83.0 Å². The van der Waals surface area contributed by atoms with E-state index in [2.05, 4.69) is 52.1 Å². The second-order valence-corrected chi connectivity index (χ2v) is 16.2. The highest BCUT2D eigenvalue weighted by molar-refractivity contribution is 6.09. The minimum Gasteiger partial charge on any atom is -0.343 e. The average molecular weight is 691 g/mol. The number of hydrogen-bond acceptors (Lipinski definition) is 7. The van der Waals surface area contributed by atoms with Crippen LogP contribution in [0.2, 0.25) is 0 Å². The van der Waals surface area contributed by atoms with E-state index < -0.39 is 11.2 Å². The topological polar surface area (TPSA) is 99.5 Å². The zero-order valence-electron chi connectivity index (χ0n) is 30.0. The van der Waals surface area contributed by atoms with Gasteiger partial charge in [0.1, 0.15) is 5.52 Å². The molecule has 10 nitrogen and oxygen atoms in total. The summed E-state index contributed by atoms with van der Waals surface area (Å²) in [6, 6.07) is 10.8. The van der Waals surface area contributed by atoms with Crippen molar-refractivity contribution < 1.29 is 14.0 Å². The number of nitrogens with zero attached hydrogens (tertiary/aromatic N) is 7. The monoisotopic (exact) mass is 690 g/mol. The molecule has 2 saturated heterocycles. The molecule has 0 radical (unpaired) electrons. The van der Waals surface area contributed by atoms with Crippen LogP contribution < -0.4 is 10.2 Å². The summed E-state index contributed by atoms with van der Waals surface area (Å²) in [6.45, 7) is 11.2. The molecule has 2 aliphatic carbocycles. The number of benzene rings is 1. The predicted octanol–water partition coefficient (Wildman–Crippen LogP) is 6.75. The number of halogens is 1. The molecule has 2 amide bonds. The Balaban J connectivity index is 1.10. The van der Waals surface area contributed by atoms with Gasteiger partial charge in [-0.15, -0.1) is 0 Å². The smallest absolute Gasteiger partial charge is 0.238 e. The van der Waals surface area contributed by atoms with Crippen LogP contribution in [0.3, 0.4) is 0 Å². The lowest BCUT2D eigenvalue weighted by atomic mass is 9.73. The Kier molecular flexibility index (Phi) is 7.72. The van der Waals surface area contributed by atoms with Crippen LogP contribution in [0.5, 0.6) is 0 Å². The molecule has 9 rings (SSSR count). The highest BCUT2D eigenvalue weighted by Crippen LogP contribution is 2.52. The zero-order valence-corrected chi connectivity index (χ0v) is 30.0. The summed E-state index contributed by atoms with van der Waals surface area (Å²) in [4.78, 5) is 47.8. The summed E-state index contributed by atoms with van der Waals surface area (Å²) >= 11 is 0. The van der Waals surface area contributed by atoms with Gasteiger partial charge in [-0.3, -0.25) is 19.5 Å². The third kappa shape index (κ3) is 5.33. The Morgan fingerprint density at radius 1 is 1.00 bits per heavy atom. The van der Waals surface area contributed by atoms with Crippen molar-refractivity contribution in [1.82, 2.24) is 29.3 Å². The summed E-state index contributed by atoms with van der Waals surface area (Å²) in [5.41, 5.74) is 5.52. The normalized spacial score (nSPS) is 25.6. The van der Waals surface area contributed by atoms with Gasteiger partial charge in [0.25, 0.3) is 0 Å². The van der Waals surface area contributed by atoms with Crippen LogP contribution in [-0.4, -0.2) is 79.4 Å². The fraction of sp³-hybridized carbons (Fsp3) is 0.525. The highest BCUT2D eigenvalue weighted by Gasteiger charge is 2.56. The number of fused-ring (bicyclic) bond motifs is 5. The van der Waals surface area contributed by atoms with E-state index in [1.807, 2.05) is 22.5 Å². The van der Waals surface area contributed by atoms with Crippen LogP contribution in [-0.2, 0) is 15.0 Å². The van der Waals surface area contributed by atoms with Gasteiger partial charge in [-0.05, 0) is 101 Å². The fourth-order valence-electron chi connectivity index (χ4n) is 9.87. The number of nitrogens with one attached hydrogen (secondary N) is 1. The van der Waals surface area contributed by atoms with E-state index in [9.17, 15) is 9.59 Å². The van der Waals surface area contributed by atoms with Crippen molar-refractivity contribution in [2.24, 2.45) is 11.8 Å². The van der Waals surface area contributed by atoms with Gasteiger partial charge < -0.3 is 19.7 Å². The summed E-state index contributed by atoms with van der Waals surface area (Å²) in [5, 5.41) is 3.27. The molecule has 266 valence electrons. The molecule has 1 aromatic carbocycles. The van der Waals surface area contributed by atoms with Crippen LogP contribution in [0.25, 0.3) is 22.3 Å². The highest BCUT2D eigenvalue weighted by atomic mass is 19.1. The molecular weight excluding hydrogens is 643 g/mol. The number of hydrogen-bond donors (Lipinski definition) is 1. The van der Waals surface area contributed by atoms with E-state index in [0.717, 1.165) is 52.5 Å². The predicted molar refractivity (Wildman–Crippen MR) is 195 cm³/mol. The van der Waals surface area contributed by atoms with Gasteiger partial charge >= 0.3 is 0 Å². The molecule has 4 fully saturated rings. The third-order valence-electron chi connectivity index (χ3n) is 12.7. The number of piperidine rings is 2. The van der Waals surface area contributed by atoms with Gasteiger partial charge in [-0.2, -0.15) is 0 Å². The molecule has 3 aromatic heterocycles. The first-order valence-electron chi connectivity index (χ1n) is 18.8. The molecule has 2 unspecified atom stereocenters. The van der Waals surface area contributed by atoms with Crippen molar-refractivity contribution >= 4 is 40.0 Å². The average Bonchev–Trinajstić information content (AvgIpc) is 3.75. The largest absolute Gasteiger partial charge is 0.343 e. The Bertz CT molecular complexity index is 2030. The van der Waals surface area contributed by atoms with Gasteiger partial charge in [0, 0.05) is 68.2 Å². The van der Waals surface area contributed by atoms with E-state index in [4.69, 9.17) is 9.97 Å². The summed E-state index contributed by atoms with van der Waals surface area (Å²) in [5.74, 6) is 1.98. The zero-order chi connectivity index (χ0) is 35.2. The standard InChI is InChI=1S/C40H47FN8O2/c1-23(2)48-22-43-35-18-33(44-38(37(35)48)45-34-13-24(3)42-19-32(34)41)28-7-8-31-36(15-28)49(39(51)40(31)9-11-46(12-10-40)25(4)50)30-16-29(17-30)47-20-26-5-6-27(14-26)21-47/h7-8,13,15,18-19,22-23,26-27,29-30H,5-6,9-12,14,16-17,20-21H2,1-4H3,(H,42,44,45)/t26?,27?,29-,30+. The molecule has 51 heavy (non-hydrogen) atoms. The van der Waals surface area contributed by atoms with Gasteiger partial charge in [-0.25, -0.2) is 14.4 Å². The molecule has 11 heteroatoms. The number of pyridine rings is 2. The number of carbonyl (C=O) groups excluding carboxylic acids is 2. The minimum absolute atomic E-state index is 0.0626. The van der Waals surface area contributed by atoms with Crippen molar-refractivity contribution in [3.63, 3.8) is 0 Å². The maximum atomic E-state index is 15.0. The molecule has 3 aliphatic heterocycles. The third-order valence-corrected chi connectivity index (χ3v) is 12.7. The van der Waals surface area contributed by atoms with E-state index in [-0.39, 0.29) is 23.9 Å². The van der Waals surface area contributed by atoms with Crippen molar-refractivity contribution in [3.05, 3.63) is 59.9 Å². The molecule has 2 saturated carbocycles. The molecule has 5 aliphatic rings. The Hall–Kier alpha value is -4.38. The maximum Gasteiger partial charge on any atom is 0.238 e. The number of carbonyl (C=O) groups is 2. The maximum absolute atomic E-state index is 15.0. The second-order valence-electron chi connectivity index (χ2n) is 16.2. The van der Waals surface area contributed by atoms with Gasteiger partial charge in [-0.1, -0.05) is 12.1 Å². The molecule has 6 heterocycles. The number of imidazole rings is 1. The molecule has 1 N–H and O–H groups in total. The first kappa shape index (κ1) is 32.5. The summed E-state index contributed by atoms with van der Waals surface area (Å²) in [6.07, 6.45) is 10.4. The number of anilines is 3. The van der Waals surface area contributed by atoms with Gasteiger partial charge in [0.15, 0.2) is 11.6 Å². The number of aromatic nitrogens is 4. The van der Waals surface area contributed by atoms with E-state index >= 15 is 4.39 Å². The molecule has 2 atom stereocenters. The summed E-state index contributed by atoms with van der Waals surface area (Å²) < 4.78 is 17.0. The lowest BCUT2D eigenvalue weighted by Gasteiger charge is -2.49. The van der Waals surface area contributed by atoms with Crippen molar-refractivity contribution in [1.29, 1.82) is 0 Å². The SMILES string of the molecule is CC(=O)N1CCC2(CC1)C(=O)N([C@H]1C[C@@H](N3CC4CCC(C4)C3)C1)c1cc(-c3cc4ncn(C(C)C)c4c(Nc4cc(C)ncc4F)n3)ccc12. The van der Waals surface area contributed by atoms with Crippen LogP contribution in [0, 0.1) is 24.6 Å². The Morgan fingerprint density at radius 3 is 2.45 bits per heavy atom. The second kappa shape index (κ2) is 12.1. The lowest BCUT2D eigenvalue weighted by Crippen LogP contribution is -2.59. The number of aryl methyl sites for hydroxylation is 1. The van der Waals surface area contributed by atoms with E-state index in [1.165, 1.54) is 38.5 Å². The first-order chi connectivity index (χ1) is 24.6. The minimum atomic E-state index is -0.633. The van der Waals surface area contributed by atoms with E-state index in [1.54, 1.807) is 19.3 Å². The summed E-state index contributed by atoms with van der Waals surface area (Å²) in [7, 11) is 0. The van der Waals surface area contributed by atoms with Crippen molar-refractivity contribution in [2.45, 2.75) is 96.2 Å². The molecule has 4 aromatic rings. The fourth-order valence-corrected chi connectivity index (χ4v) is 9.87. The number of amides is 2. The van der Waals surface area contributed by atoms with Crippen LogP contribution >= 0.6 is 0 Å². The van der Waals surface area contributed by atoms with Crippen molar-refractivity contribution in [2.75, 3.05) is 36.4 Å². The first-order valence-corrected chi connectivity index (χ1v) is 18.8. The Morgan fingerprint density at radius 2 is 1.75 bits per heavy atom. The molecule has 1 spiro atoms. The Labute approximate surface area is 298 Å². The van der Waals surface area contributed by atoms with Crippen molar-refractivity contribution in [3.8, 4) is 11.3 Å².